The molecule has 0 bridgehead atoms. The zero-order chi connectivity index (χ0) is 21.3. The van der Waals surface area contributed by atoms with Gasteiger partial charge in [0.15, 0.2) is 17.5 Å². The highest BCUT2D eigenvalue weighted by molar-refractivity contribution is 6.06. The van der Waals surface area contributed by atoms with Crippen molar-refractivity contribution in [1.82, 2.24) is 10.6 Å². The third-order valence-corrected chi connectivity index (χ3v) is 5.00. The van der Waals surface area contributed by atoms with Gasteiger partial charge < -0.3 is 19.7 Å². The number of alkyl halides is 2. The molecule has 2 saturated heterocycles. The standard InChI is InChI=1S/C21H24F2N4O3/c1-13-10-17-18(30-21(22,23)29-17)11-14(2)25-20(24-13)26-19(28)15-6-5-7-16(12-15)27-8-3-4-9-27/h5-7,10-14H,3-4,8-9H2,1-2H3,(H2,24,25,26,28)/b17-10+,18-11+. The second kappa shape index (κ2) is 7.97. The van der Waals surface area contributed by atoms with Gasteiger partial charge in [0.05, 0.1) is 6.04 Å². The summed E-state index contributed by atoms with van der Waals surface area (Å²) >= 11 is 0. The molecule has 7 nitrogen and oxygen atoms in total. The Bertz CT molecular complexity index is 923. The summed E-state index contributed by atoms with van der Waals surface area (Å²) in [5, 5.41) is 5.80. The Labute approximate surface area is 173 Å². The molecule has 2 unspecified atom stereocenters. The SMILES string of the molecule is CC1/C=C2/OC(F)(F)O/C2=C/C(C)NC(NC(=O)c2cccc(N3CCCC3)c2)=N1. The molecule has 3 aliphatic heterocycles. The summed E-state index contributed by atoms with van der Waals surface area (Å²) < 4.78 is 35.9. The molecule has 160 valence electrons. The number of hydrogen-bond donors (Lipinski definition) is 2. The first-order valence-electron chi connectivity index (χ1n) is 10.00. The van der Waals surface area contributed by atoms with Gasteiger partial charge in [0.1, 0.15) is 0 Å². The highest BCUT2D eigenvalue weighted by Crippen LogP contribution is 2.37. The molecule has 1 aromatic carbocycles. The molecule has 0 saturated carbocycles. The van der Waals surface area contributed by atoms with Crippen LogP contribution in [0, 0.1) is 0 Å². The van der Waals surface area contributed by atoms with E-state index in [1.807, 2.05) is 18.2 Å². The van der Waals surface area contributed by atoms with E-state index in [1.165, 1.54) is 12.2 Å². The van der Waals surface area contributed by atoms with Crippen molar-refractivity contribution >= 4 is 17.6 Å². The minimum absolute atomic E-state index is 0.0621. The summed E-state index contributed by atoms with van der Waals surface area (Å²) in [6.45, 7) is 5.40. The van der Waals surface area contributed by atoms with E-state index in [-0.39, 0.29) is 23.4 Å². The van der Waals surface area contributed by atoms with Gasteiger partial charge in [-0.1, -0.05) is 6.07 Å². The van der Waals surface area contributed by atoms with E-state index in [1.54, 1.807) is 19.9 Å². The summed E-state index contributed by atoms with van der Waals surface area (Å²) in [4.78, 5) is 19.5. The normalized spacial score (nSPS) is 28.7. The highest BCUT2D eigenvalue weighted by atomic mass is 19.3. The van der Waals surface area contributed by atoms with Crippen LogP contribution >= 0.6 is 0 Å². The number of halogens is 2. The molecule has 0 radical (unpaired) electrons. The van der Waals surface area contributed by atoms with E-state index in [4.69, 9.17) is 0 Å². The number of guanidine groups is 1. The predicted octanol–water partition coefficient (Wildman–Crippen LogP) is 3.12. The van der Waals surface area contributed by atoms with E-state index < -0.39 is 18.4 Å². The Morgan fingerprint density at radius 1 is 1.20 bits per heavy atom. The van der Waals surface area contributed by atoms with E-state index in [9.17, 15) is 13.6 Å². The van der Waals surface area contributed by atoms with Gasteiger partial charge in [-0.15, -0.1) is 8.78 Å². The Balaban J connectivity index is 1.52. The molecule has 0 aliphatic carbocycles. The fourth-order valence-electron chi connectivity index (χ4n) is 3.66. The molecule has 3 aliphatic rings. The first kappa shape index (κ1) is 20.2. The van der Waals surface area contributed by atoms with Crippen LogP contribution in [0.25, 0.3) is 0 Å². The van der Waals surface area contributed by atoms with Crippen LogP contribution < -0.4 is 15.5 Å². The lowest BCUT2D eigenvalue weighted by molar-refractivity contribution is -0.326. The van der Waals surface area contributed by atoms with Gasteiger partial charge in [0.25, 0.3) is 5.91 Å². The number of fused-ring (bicyclic) bond motifs is 1. The molecule has 2 N–H and O–H groups in total. The highest BCUT2D eigenvalue weighted by Gasteiger charge is 2.46. The maximum atomic E-state index is 13.4. The van der Waals surface area contributed by atoms with E-state index in [0.717, 1.165) is 31.6 Å². The van der Waals surface area contributed by atoms with Crippen LogP contribution in [0.5, 0.6) is 0 Å². The molecule has 2 fully saturated rings. The van der Waals surface area contributed by atoms with Gasteiger partial charge in [-0.05, 0) is 57.0 Å². The number of benzene rings is 1. The summed E-state index contributed by atoms with van der Waals surface area (Å²) in [5.74, 6) is -0.198. The van der Waals surface area contributed by atoms with E-state index >= 15 is 0 Å². The molecule has 2 atom stereocenters. The van der Waals surface area contributed by atoms with Crippen LogP contribution in [-0.2, 0) is 9.47 Å². The first-order valence-corrected chi connectivity index (χ1v) is 10.00. The van der Waals surface area contributed by atoms with Crippen molar-refractivity contribution in [2.45, 2.75) is 45.1 Å². The van der Waals surface area contributed by atoms with Gasteiger partial charge >= 0.3 is 6.29 Å². The van der Waals surface area contributed by atoms with Crippen molar-refractivity contribution in [2.75, 3.05) is 18.0 Å². The molecule has 0 spiro atoms. The molecular formula is C21H24F2N4O3. The molecule has 1 aromatic rings. The van der Waals surface area contributed by atoms with Crippen LogP contribution in [0.15, 0.2) is 52.9 Å². The Morgan fingerprint density at radius 3 is 2.63 bits per heavy atom. The average Bonchev–Trinajstić information content (AvgIpc) is 3.29. The smallest absolute Gasteiger partial charge is 0.396 e. The van der Waals surface area contributed by atoms with Crippen LogP contribution in [-0.4, -0.2) is 43.3 Å². The van der Waals surface area contributed by atoms with Crippen molar-refractivity contribution < 1.29 is 23.0 Å². The second-order valence-electron chi connectivity index (χ2n) is 7.58. The van der Waals surface area contributed by atoms with Crippen molar-refractivity contribution in [3.8, 4) is 0 Å². The molecule has 9 heteroatoms. The lowest BCUT2D eigenvalue weighted by Crippen LogP contribution is -2.45. The Morgan fingerprint density at radius 2 is 1.90 bits per heavy atom. The Kier molecular flexibility index (Phi) is 5.36. The number of nitrogens with one attached hydrogen (secondary N) is 2. The average molecular weight is 418 g/mol. The number of hydrogen-bond acceptors (Lipinski definition) is 6. The zero-order valence-electron chi connectivity index (χ0n) is 16.8. The molecule has 1 amide bonds. The number of carbonyl (C=O) groups is 1. The number of aliphatic imine (C=N–C) groups is 1. The monoisotopic (exact) mass is 418 g/mol. The largest absolute Gasteiger partial charge is 0.586 e. The number of carbonyl (C=O) groups excluding carboxylic acids is 1. The first-order chi connectivity index (χ1) is 14.3. The number of amides is 1. The van der Waals surface area contributed by atoms with Crippen LogP contribution in [0.4, 0.5) is 14.5 Å². The summed E-state index contributed by atoms with van der Waals surface area (Å²) in [7, 11) is 0. The summed E-state index contributed by atoms with van der Waals surface area (Å²) in [6, 6.07) is 6.48. The molecule has 30 heavy (non-hydrogen) atoms. The molecule has 4 rings (SSSR count). The minimum atomic E-state index is -3.70. The second-order valence-corrected chi connectivity index (χ2v) is 7.58. The van der Waals surface area contributed by atoms with Crippen LogP contribution in [0.1, 0.15) is 37.0 Å². The molecule has 3 heterocycles. The van der Waals surface area contributed by atoms with Crippen LogP contribution in [0.2, 0.25) is 0 Å². The summed E-state index contributed by atoms with van der Waals surface area (Å²) in [6.07, 6.45) is 1.49. The molecular weight excluding hydrogens is 394 g/mol. The number of anilines is 1. The van der Waals surface area contributed by atoms with Crippen molar-refractivity contribution in [3.05, 3.63) is 53.5 Å². The number of ether oxygens (including phenoxy) is 2. The number of nitrogens with zero attached hydrogens (tertiary/aromatic N) is 2. The topological polar surface area (TPSA) is 75.2 Å². The zero-order valence-corrected chi connectivity index (χ0v) is 16.8. The van der Waals surface area contributed by atoms with E-state index in [0.29, 0.717) is 5.56 Å². The van der Waals surface area contributed by atoms with Crippen molar-refractivity contribution in [1.29, 1.82) is 0 Å². The molecule has 0 aromatic heterocycles. The van der Waals surface area contributed by atoms with E-state index in [2.05, 4.69) is 30.0 Å². The summed E-state index contributed by atoms with van der Waals surface area (Å²) in [5.41, 5.74) is 1.53. The fourth-order valence-corrected chi connectivity index (χ4v) is 3.66. The Hall–Kier alpha value is -3.10. The third kappa shape index (κ3) is 4.55. The maximum Gasteiger partial charge on any atom is 0.586 e. The van der Waals surface area contributed by atoms with Gasteiger partial charge in [0.2, 0.25) is 0 Å². The van der Waals surface area contributed by atoms with Crippen molar-refractivity contribution in [3.63, 3.8) is 0 Å². The lowest BCUT2D eigenvalue weighted by Gasteiger charge is -2.19. The van der Waals surface area contributed by atoms with Gasteiger partial charge in [-0.3, -0.25) is 10.1 Å². The van der Waals surface area contributed by atoms with Gasteiger partial charge in [-0.2, -0.15) is 0 Å². The number of rotatable bonds is 2. The van der Waals surface area contributed by atoms with Crippen molar-refractivity contribution in [2.24, 2.45) is 4.99 Å². The maximum absolute atomic E-state index is 13.4. The lowest BCUT2D eigenvalue weighted by atomic mass is 10.1. The minimum Gasteiger partial charge on any atom is -0.396 e. The van der Waals surface area contributed by atoms with Crippen LogP contribution in [0.3, 0.4) is 0 Å². The third-order valence-electron chi connectivity index (χ3n) is 5.00. The quantitative estimate of drug-likeness (QED) is 0.772. The fraction of sp³-hybridized carbons (Fsp3) is 0.429. The predicted molar refractivity (Wildman–Crippen MR) is 108 cm³/mol. The van der Waals surface area contributed by atoms with Gasteiger partial charge in [-0.25, -0.2) is 4.99 Å². The van der Waals surface area contributed by atoms with Gasteiger partial charge in [0, 0.05) is 30.4 Å².